The minimum atomic E-state index is -1.03. The molecular weight excluding hydrogens is 324 g/mol. The fourth-order valence-electron chi connectivity index (χ4n) is 2.79. The Labute approximate surface area is 143 Å². The number of nitro benzene ring substituents is 1. The fourth-order valence-corrected chi connectivity index (χ4v) is 2.79. The van der Waals surface area contributed by atoms with Gasteiger partial charge in [0.25, 0.3) is 17.5 Å². The van der Waals surface area contributed by atoms with Crippen LogP contribution in [0, 0.1) is 10.1 Å². The van der Waals surface area contributed by atoms with E-state index in [0.29, 0.717) is 11.1 Å². The summed E-state index contributed by atoms with van der Waals surface area (Å²) in [6, 6.07) is 13.5. The zero-order chi connectivity index (χ0) is 18.0. The van der Waals surface area contributed by atoms with Crippen LogP contribution in [0.4, 0.5) is 5.69 Å². The number of carbonyl (C=O) groups excluding carboxylic acids is 2. The van der Waals surface area contributed by atoms with Crippen molar-refractivity contribution in [2.75, 3.05) is 0 Å². The maximum atomic E-state index is 12.4. The first kappa shape index (κ1) is 16.6. The maximum Gasteiger partial charge on any atom is 0.269 e. The third kappa shape index (κ3) is 3.07. The summed E-state index contributed by atoms with van der Waals surface area (Å²) in [4.78, 5) is 35.1. The highest BCUT2D eigenvalue weighted by atomic mass is 16.6. The smallest absolute Gasteiger partial charge is 0.269 e. The monoisotopic (exact) mass is 340 g/mol. The second-order valence-electron chi connectivity index (χ2n) is 5.90. The lowest BCUT2D eigenvalue weighted by Crippen LogP contribution is -2.52. The SMILES string of the molecule is C[C@]1(c2cccc([N+](=O)[O-])c2)NNC(=O)[C@H]1NC(=O)c1ccccc1. The summed E-state index contributed by atoms with van der Waals surface area (Å²) in [5, 5.41) is 13.7. The Hall–Kier alpha value is -3.26. The van der Waals surface area contributed by atoms with Crippen LogP contribution < -0.4 is 16.2 Å². The van der Waals surface area contributed by atoms with Crippen molar-refractivity contribution in [1.82, 2.24) is 16.2 Å². The van der Waals surface area contributed by atoms with Crippen molar-refractivity contribution in [2.24, 2.45) is 0 Å². The standard InChI is InChI=1S/C17H16N4O4/c1-17(12-8-5-9-13(10-12)21(24)25)14(16(23)19-20-17)18-15(22)11-6-3-2-4-7-11/h2-10,14,20H,1H3,(H,18,22)(H,19,23)/t14-,17-/m1/s1. The molecule has 1 heterocycles. The van der Waals surface area contributed by atoms with Crippen molar-refractivity contribution in [1.29, 1.82) is 0 Å². The van der Waals surface area contributed by atoms with Crippen LogP contribution in [0.1, 0.15) is 22.8 Å². The van der Waals surface area contributed by atoms with Gasteiger partial charge in [-0.25, -0.2) is 5.43 Å². The molecule has 2 atom stereocenters. The van der Waals surface area contributed by atoms with E-state index in [1.54, 1.807) is 49.4 Å². The Kier molecular flexibility index (Phi) is 4.20. The Morgan fingerprint density at radius 2 is 1.92 bits per heavy atom. The van der Waals surface area contributed by atoms with Gasteiger partial charge in [0.15, 0.2) is 0 Å². The predicted molar refractivity (Wildman–Crippen MR) is 89.4 cm³/mol. The number of nitrogens with one attached hydrogen (secondary N) is 3. The van der Waals surface area contributed by atoms with Gasteiger partial charge in [-0.2, -0.15) is 0 Å². The third-order valence-corrected chi connectivity index (χ3v) is 4.25. The van der Waals surface area contributed by atoms with Crippen LogP contribution >= 0.6 is 0 Å². The van der Waals surface area contributed by atoms with Crippen LogP contribution in [0.5, 0.6) is 0 Å². The zero-order valence-electron chi connectivity index (χ0n) is 13.4. The van der Waals surface area contributed by atoms with E-state index in [4.69, 9.17) is 0 Å². The number of benzene rings is 2. The number of hydrogen-bond donors (Lipinski definition) is 3. The van der Waals surface area contributed by atoms with Gasteiger partial charge in [-0.05, 0) is 24.6 Å². The van der Waals surface area contributed by atoms with Crippen LogP contribution in [0.3, 0.4) is 0 Å². The molecule has 0 aliphatic carbocycles. The lowest BCUT2D eigenvalue weighted by molar-refractivity contribution is -0.385. The third-order valence-electron chi connectivity index (χ3n) is 4.25. The molecule has 1 aliphatic rings. The molecular formula is C17H16N4O4. The first-order valence-electron chi connectivity index (χ1n) is 7.60. The van der Waals surface area contributed by atoms with Crippen LogP contribution in [0.25, 0.3) is 0 Å². The molecule has 3 rings (SSSR count). The maximum absolute atomic E-state index is 12.4. The quantitative estimate of drug-likeness (QED) is 0.572. The average Bonchev–Trinajstić information content (AvgIpc) is 2.92. The number of nitrogens with zero attached hydrogens (tertiary/aromatic N) is 1. The molecule has 0 bridgehead atoms. The highest BCUT2D eigenvalue weighted by Crippen LogP contribution is 2.30. The highest BCUT2D eigenvalue weighted by Gasteiger charge is 2.47. The largest absolute Gasteiger partial charge is 0.338 e. The summed E-state index contributed by atoms with van der Waals surface area (Å²) in [7, 11) is 0. The molecule has 0 spiro atoms. The van der Waals surface area contributed by atoms with E-state index in [-0.39, 0.29) is 5.69 Å². The van der Waals surface area contributed by atoms with Gasteiger partial charge in [-0.3, -0.25) is 25.1 Å². The van der Waals surface area contributed by atoms with Crippen LogP contribution in [-0.4, -0.2) is 22.8 Å². The van der Waals surface area contributed by atoms with E-state index < -0.39 is 28.3 Å². The van der Waals surface area contributed by atoms with E-state index in [1.807, 2.05) is 0 Å². The minimum absolute atomic E-state index is 0.0898. The summed E-state index contributed by atoms with van der Waals surface area (Å²) >= 11 is 0. The molecule has 2 aromatic carbocycles. The van der Waals surface area contributed by atoms with Gasteiger partial charge in [0.05, 0.1) is 10.5 Å². The van der Waals surface area contributed by atoms with Gasteiger partial charge < -0.3 is 5.32 Å². The second kappa shape index (κ2) is 6.33. The molecule has 0 radical (unpaired) electrons. The van der Waals surface area contributed by atoms with E-state index in [1.165, 1.54) is 12.1 Å². The molecule has 1 fully saturated rings. The molecule has 2 amide bonds. The Morgan fingerprint density at radius 3 is 2.60 bits per heavy atom. The Balaban J connectivity index is 1.92. The molecule has 25 heavy (non-hydrogen) atoms. The fraction of sp³-hybridized carbons (Fsp3) is 0.176. The second-order valence-corrected chi connectivity index (χ2v) is 5.90. The van der Waals surface area contributed by atoms with Gasteiger partial charge in [0.2, 0.25) is 0 Å². The van der Waals surface area contributed by atoms with Crippen molar-refractivity contribution in [3.8, 4) is 0 Å². The van der Waals surface area contributed by atoms with Crippen molar-refractivity contribution in [3.63, 3.8) is 0 Å². The van der Waals surface area contributed by atoms with Gasteiger partial charge in [0, 0.05) is 17.7 Å². The van der Waals surface area contributed by atoms with Crippen molar-refractivity contribution >= 4 is 17.5 Å². The van der Waals surface area contributed by atoms with Gasteiger partial charge in [-0.15, -0.1) is 0 Å². The summed E-state index contributed by atoms with van der Waals surface area (Å²) in [5.74, 6) is -0.820. The van der Waals surface area contributed by atoms with E-state index in [2.05, 4.69) is 16.2 Å². The number of amides is 2. The molecule has 1 aliphatic heterocycles. The van der Waals surface area contributed by atoms with Crippen molar-refractivity contribution in [3.05, 3.63) is 75.8 Å². The van der Waals surface area contributed by atoms with Gasteiger partial charge in [-0.1, -0.05) is 30.3 Å². The molecule has 8 nitrogen and oxygen atoms in total. The van der Waals surface area contributed by atoms with Crippen LogP contribution in [-0.2, 0) is 10.3 Å². The number of non-ortho nitro benzene ring substituents is 1. The summed E-state index contributed by atoms with van der Waals surface area (Å²) in [6.45, 7) is 1.69. The minimum Gasteiger partial charge on any atom is -0.338 e. The number of carbonyl (C=O) groups is 2. The van der Waals surface area contributed by atoms with Crippen LogP contribution in [0.15, 0.2) is 54.6 Å². The molecule has 1 saturated heterocycles. The number of hydrogen-bond acceptors (Lipinski definition) is 5. The Bertz CT molecular complexity index is 840. The summed E-state index contributed by atoms with van der Waals surface area (Å²) < 4.78 is 0. The molecule has 8 heteroatoms. The van der Waals surface area contributed by atoms with Gasteiger partial charge in [0.1, 0.15) is 6.04 Å². The Morgan fingerprint density at radius 1 is 1.20 bits per heavy atom. The summed E-state index contributed by atoms with van der Waals surface area (Å²) in [5.41, 5.74) is 5.13. The van der Waals surface area contributed by atoms with Gasteiger partial charge >= 0.3 is 0 Å². The molecule has 2 aromatic rings. The number of rotatable bonds is 4. The molecule has 128 valence electrons. The molecule has 0 unspecified atom stereocenters. The van der Waals surface area contributed by atoms with Crippen molar-refractivity contribution < 1.29 is 14.5 Å². The number of hydrazine groups is 1. The molecule has 0 aromatic heterocycles. The van der Waals surface area contributed by atoms with Crippen molar-refractivity contribution in [2.45, 2.75) is 18.5 Å². The topological polar surface area (TPSA) is 113 Å². The highest BCUT2D eigenvalue weighted by molar-refractivity contribution is 5.98. The first-order valence-corrected chi connectivity index (χ1v) is 7.60. The molecule has 0 saturated carbocycles. The lowest BCUT2D eigenvalue weighted by atomic mass is 9.85. The first-order chi connectivity index (χ1) is 11.9. The average molecular weight is 340 g/mol. The normalized spacial score (nSPS) is 22.3. The van der Waals surface area contributed by atoms with E-state index in [0.717, 1.165) is 0 Å². The predicted octanol–water partition coefficient (Wildman–Crippen LogP) is 1.24. The number of nitro groups is 1. The van der Waals surface area contributed by atoms with E-state index in [9.17, 15) is 19.7 Å². The lowest BCUT2D eigenvalue weighted by Gasteiger charge is -2.29. The van der Waals surface area contributed by atoms with Crippen LogP contribution in [0.2, 0.25) is 0 Å². The zero-order valence-corrected chi connectivity index (χ0v) is 13.4. The van der Waals surface area contributed by atoms with E-state index >= 15 is 0 Å². The molecule has 3 N–H and O–H groups in total. The summed E-state index contributed by atoms with van der Waals surface area (Å²) in [6.07, 6.45) is 0.